The van der Waals surface area contributed by atoms with E-state index in [1.807, 2.05) is 9.80 Å². The van der Waals surface area contributed by atoms with Gasteiger partial charge in [-0.15, -0.1) is 0 Å². The normalized spacial score (nSPS) is 22.5. The molecule has 0 aromatic carbocycles. The van der Waals surface area contributed by atoms with E-state index in [4.69, 9.17) is 9.47 Å². The first kappa shape index (κ1) is 32.7. The van der Waals surface area contributed by atoms with E-state index < -0.39 is 0 Å². The fourth-order valence-corrected chi connectivity index (χ4v) is 6.81. The van der Waals surface area contributed by atoms with Crippen molar-refractivity contribution in [2.45, 2.75) is 155 Å². The van der Waals surface area contributed by atoms with Gasteiger partial charge in [-0.25, -0.2) is 9.59 Å². The number of piperidine rings is 2. The summed E-state index contributed by atoms with van der Waals surface area (Å²) in [5.41, 5.74) is -0.459. The van der Waals surface area contributed by atoms with Crippen LogP contribution < -0.4 is 10.6 Å². The van der Waals surface area contributed by atoms with Gasteiger partial charge < -0.3 is 29.9 Å². The van der Waals surface area contributed by atoms with Crippen molar-refractivity contribution in [3.05, 3.63) is 0 Å². The predicted octanol–water partition coefficient (Wildman–Crippen LogP) is 6.08. The smallest absolute Gasteiger partial charge is 0.410 e. The van der Waals surface area contributed by atoms with Crippen LogP contribution >= 0.6 is 0 Å². The Hall–Kier alpha value is -1.54. The first-order chi connectivity index (χ1) is 17.5. The van der Waals surface area contributed by atoms with Gasteiger partial charge in [-0.2, -0.15) is 0 Å². The Labute approximate surface area is 232 Å². The second-order valence-electron chi connectivity index (χ2n) is 14.2. The van der Waals surface area contributed by atoms with Crippen molar-refractivity contribution in [3.63, 3.8) is 0 Å². The van der Waals surface area contributed by atoms with E-state index in [-0.39, 0.29) is 46.4 Å². The number of amides is 2. The molecule has 2 N–H and O–H groups in total. The lowest BCUT2D eigenvalue weighted by atomic mass is 9.78. The van der Waals surface area contributed by atoms with Gasteiger partial charge in [0, 0.05) is 47.3 Å². The summed E-state index contributed by atoms with van der Waals surface area (Å²) in [6.07, 6.45) is 6.39. The van der Waals surface area contributed by atoms with Gasteiger partial charge in [-0.3, -0.25) is 0 Å². The molecule has 0 aromatic rings. The van der Waals surface area contributed by atoms with Crippen LogP contribution in [0.15, 0.2) is 0 Å². The number of unbranched alkanes of at least 4 members (excludes halogenated alkanes) is 2. The third kappa shape index (κ3) is 10.2. The molecule has 2 heterocycles. The Morgan fingerprint density at radius 3 is 1.18 bits per heavy atom. The maximum absolute atomic E-state index is 13.5. The van der Waals surface area contributed by atoms with Crippen LogP contribution in [0.5, 0.6) is 0 Å². The molecule has 2 aliphatic heterocycles. The molecule has 0 saturated carbocycles. The van der Waals surface area contributed by atoms with Gasteiger partial charge >= 0.3 is 12.2 Å². The molecule has 0 aromatic heterocycles. The highest BCUT2D eigenvalue weighted by molar-refractivity contribution is 5.69. The Morgan fingerprint density at radius 2 is 0.921 bits per heavy atom. The molecule has 2 amide bonds. The maximum Gasteiger partial charge on any atom is 0.410 e. The summed E-state index contributed by atoms with van der Waals surface area (Å²) < 4.78 is 11.5. The summed E-state index contributed by atoms with van der Waals surface area (Å²) in [7, 11) is 0. The fraction of sp³-hybridized carbons (Fsp3) is 0.933. The molecule has 0 unspecified atom stereocenters. The Morgan fingerprint density at radius 1 is 0.632 bits per heavy atom. The van der Waals surface area contributed by atoms with Crippen molar-refractivity contribution in [1.82, 2.24) is 20.4 Å². The van der Waals surface area contributed by atoms with Crippen molar-refractivity contribution in [2.24, 2.45) is 0 Å². The Bertz CT molecular complexity index is 684. The van der Waals surface area contributed by atoms with E-state index in [1.54, 1.807) is 0 Å². The molecule has 2 rings (SSSR count). The van der Waals surface area contributed by atoms with Crippen molar-refractivity contribution in [1.29, 1.82) is 0 Å². The minimum Gasteiger partial charge on any atom is -0.449 e. The maximum atomic E-state index is 13.5. The number of ether oxygens (including phenoxy) is 2. The van der Waals surface area contributed by atoms with Gasteiger partial charge in [0.15, 0.2) is 0 Å². The lowest BCUT2D eigenvalue weighted by Gasteiger charge is -2.50. The number of carbonyl (C=O) groups is 2. The average Bonchev–Trinajstić information content (AvgIpc) is 2.72. The number of nitrogens with zero attached hydrogens (tertiary/aromatic N) is 2. The molecule has 2 fully saturated rings. The van der Waals surface area contributed by atoms with Crippen LogP contribution in [0.2, 0.25) is 0 Å². The van der Waals surface area contributed by atoms with Crippen LogP contribution in [0.1, 0.15) is 121 Å². The van der Waals surface area contributed by atoms with E-state index in [1.165, 1.54) is 0 Å². The molecule has 8 nitrogen and oxygen atoms in total. The highest BCUT2D eigenvalue weighted by Crippen LogP contribution is 2.34. The minimum atomic E-state index is -0.276. The zero-order valence-corrected chi connectivity index (χ0v) is 26.2. The fourth-order valence-electron chi connectivity index (χ4n) is 6.81. The highest BCUT2D eigenvalue weighted by atomic mass is 16.6. The number of carbonyl (C=O) groups excluding carboxylic acids is 2. The Balaban J connectivity index is 2.30. The molecule has 2 aliphatic rings. The first-order valence-electron chi connectivity index (χ1n) is 15.0. The van der Waals surface area contributed by atoms with Gasteiger partial charge in [-0.05, 0) is 93.9 Å². The Kier molecular flexibility index (Phi) is 11.4. The molecule has 38 heavy (non-hydrogen) atoms. The van der Waals surface area contributed by atoms with Gasteiger partial charge in [0.1, 0.15) is 0 Å². The summed E-state index contributed by atoms with van der Waals surface area (Å²) in [6.45, 7) is 23.4. The third-order valence-corrected chi connectivity index (χ3v) is 7.72. The van der Waals surface area contributed by atoms with Gasteiger partial charge in [-0.1, -0.05) is 26.7 Å². The summed E-state index contributed by atoms with van der Waals surface area (Å²) >= 11 is 0. The second-order valence-corrected chi connectivity index (χ2v) is 14.2. The van der Waals surface area contributed by atoms with Crippen LogP contribution in [0.25, 0.3) is 0 Å². The lowest BCUT2D eigenvalue weighted by Crippen LogP contribution is -2.64. The first-order valence-corrected chi connectivity index (χ1v) is 15.0. The number of hydrogen-bond acceptors (Lipinski definition) is 6. The minimum absolute atomic E-state index is 0.0224. The van der Waals surface area contributed by atoms with Crippen LogP contribution in [-0.4, -0.2) is 82.5 Å². The molecular weight excluding hydrogens is 480 g/mol. The average molecular weight is 539 g/mol. The summed E-state index contributed by atoms with van der Waals surface area (Å²) in [6, 6.07) is 0.0449. The standard InChI is InChI=1S/C30H58N4O4/c1-11-13-17-37-25(35)33(23-19-27(3,4)31-28(5,6)20-23)15-16-34(26(36)38-18-14-12-2)24-21-29(7,8)32-30(9,10)22-24/h23-24,31-32H,11-22H2,1-10H3. The van der Waals surface area contributed by atoms with Crippen LogP contribution in [0, 0.1) is 0 Å². The molecule has 0 aliphatic carbocycles. The van der Waals surface area contributed by atoms with E-state index in [9.17, 15) is 9.59 Å². The van der Waals surface area contributed by atoms with Gasteiger partial charge in [0.2, 0.25) is 0 Å². The topological polar surface area (TPSA) is 83.1 Å². The monoisotopic (exact) mass is 538 g/mol. The van der Waals surface area contributed by atoms with Crippen LogP contribution in [0.4, 0.5) is 9.59 Å². The van der Waals surface area contributed by atoms with Crippen molar-refractivity contribution in [2.75, 3.05) is 26.3 Å². The second kappa shape index (κ2) is 13.2. The largest absolute Gasteiger partial charge is 0.449 e. The highest BCUT2D eigenvalue weighted by Gasteiger charge is 2.44. The third-order valence-electron chi connectivity index (χ3n) is 7.72. The molecule has 222 valence electrons. The van der Waals surface area contributed by atoms with Crippen molar-refractivity contribution >= 4 is 12.2 Å². The number of rotatable bonds is 11. The summed E-state index contributed by atoms with van der Waals surface area (Å²) in [4.78, 5) is 30.7. The van der Waals surface area contributed by atoms with Crippen LogP contribution in [0.3, 0.4) is 0 Å². The van der Waals surface area contributed by atoms with E-state index >= 15 is 0 Å². The van der Waals surface area contributed by atoms with E-state index in [0.717, 1.165) is 51.4 Å². The zero-order chi connectivity index (χ0) is 28.8. The van der Waals surface area contributed by atoms with Crippen LogP contribution in [-0.2, 0) is 9.47 Å². The predicted molar refractivity (Wildman–Crippen MR) is 155 cm³/mol. The summed E-state index contributed by atoms with van der Waals surface area (Å²) in [5.74, 6) is 0. The number of nitrogens with one attached hydrogen (secondary N) is 2. The number of hydrogen-bond donors (Lipinski definition) is 2. The van der Waals surface area contributed by atoms with E-state index in [2.05, 4.69) is 79.9 Å². The molecule has 0 radical (unpaired) electrons. The van der Waals surface area contributed by atoms with Gasteiger partial charge in [0.05, 0.1) is 13.2 Å². The van der Waals surface area contributed by atoms with Crippen molar-refractivity contribution in [3.8, 4) is 0 Å². The quantitative estimate of drug-likeness (QED) is 0.310. The van der Waals surface area contributed by atoms with Gasteiger partial charge in [0.25, 0.3) is 0 Å². The zero-order valence-electron chi connectivity index (χ0n) is 26.2. The molecule has 8 heteroatoms. The van der Waals surface area contributed by atoms with Crippen molar-refractivity contribution < 1.29 is 19.1 Å². The van der Waals surface area contributed by atoms with E-state index in [0.29, 0.717) is 26.3 Å². The molecule has 0 spiro atoms. The molecule has 2 saturated heterocycles. The summed E-state index contributed by atoms with van der Waals surface area (Å²) in [5, 5.41) is 7.44. The SMILES string of the molecule is CCCCOC(=O)N(CCN(C(=O)OCCCC)C1CC(C)(C)NC(C)(C)C1)C1CC(C)(C)NC(C)(C)C1. The lowest BCUT2D eigenvalue weighted by molar-refractivity contribution is 0.0208. The molecule has 0 atom stereocenters. The molecular formula is C30H58N4O4. The molecule has 0 bridgehead atoms.